The summed E-state index contributed by atoms with van der Waals surface area (Å²) in [5.74, 6) is 1.41. The van der Waals surface area contributed by atoms with Crippen molar-refractivity contribution in [2.24, 2.45) is 11.7 Å². The Labute approximate surface area is 143 Å². The van der Waals surface area contributed by atoms with Crippen molar-refractivity contribution >= 4 is 17.3 Å². The second kappa shape index (κ2) is 7.24. The number of nitrogens with two attached hydrogens (primary N) is 1. The molecule has 122 valence electrons. The number of rotatable bonds is 4. The highest BCUT2D eigenvalue weighted by molar-refractivity contribution is 6.30. The third kappa shape index (κ3) is 4.18. The largest absolute Gasteiger partial charge is 0.497 e. The van der Waals surface area contributed by atoms with Crippen LogP contribution in [0.4, 0.5) is 5.69 Å². The van der Waals surface area contributed by atoms with Crippen LogP contribution in [0.15, 0.2) is 48.5 Å². The highest BCUT2D eigenvalue weighted by Gasteiger charge is 2.25. The van der Waals surface area contributed by atoms with E-state index in [9.17, 15) is 0 Å². The van der Waals surface area contributed by atoms with Crippen molar-refractivity contribution in [2.45, 2.75) is 18.9 Å². The molecule has 2 aromatic rings. The van der Waals surface area contributed by atoms with E-state index < -0.39 is 0 Å². The zero-order valence-corrected chi connectivity index (χ0v) is 14.2. The number of halogens is 1. The molecule has 1 fully saturated rings. The van der Waals surface area contributed by atoms with Crippen LogP contribution >= 0.6 is 11.6 Å². The Morgan fingerprint density at radius 3 is 2.78 bits per heavy atom. The number of nitrogens with zero attached hydrogens (tertiary/aromatic N) is 1. The highest BCUT2D eigenvalue weighted by Crippen LogP contribution is 2.28. The van der Waals surface area contributed by atoms with Crippen molar-refractivity contribution in [2.75, 3.05) is 25.1 Å². The molecule has 2 aromatic carbocycles. The van der Waals surface area contributed by atoms with Gasteiger partial charge >= 0.3 is 0 Å². The van der Waals surface area contributed by atoms with E-state index in [-0.39, 0.29) is 6.04 Å². The van der Waals surface area contributed by atoms with E-state index in [0.717, 1.165) is 36.7 Å². The predicted molar refractivity (Wildman–Crippen MR) is 96.4 cm³/mol. The molecule has 2 N–H and O–H groups in total. The Kier molecular flexibility index (Phi) is 5.09. The van der Waals surface area contributed by atoms with Gasteiger partial charge in [-0.05, 0) is 48.6 Å². The van der Waals surface area contributed by atoms with Crippen LogP contribution in [-0.4, -0.2) is 26.2 Å². The number of methoxy groups -OCH3 is 1. The maximum absolute atomic E-state index is 6.31. The Morgan fingerprint density at radius 2 is 2.00 bits per heavy atom. The van der Waals surface area contributed by atoms with Gasteiger partial charge in [-0.25, -0.2) is 0 Å². The quantitative estimate of drug-likeness (QED) is 0.928. The van der Waals surface area contributed by atoms with Gasteiger partial charge in [0.1, 0.15) is 5.75 Å². The molecule has 23 heavy (non-hydrogen) atoms. The monoisotopic (exact) mass is 330 g/mol. The first-order chi connectivity index (χ1) is 11.1. The Hall–Kier alpha value is -1.71. The smallest absolute Gasteiger partial charge is 0.120 e. The van der Waals surface area contributed by atoms with Crippen LogP contribution in [0, 0.1) is 5.92 Å². The SMILES string of the molecule is COc1cccc(N2CC(N)CC(Cc3cccc(Cl)c3)C2)c1. The lowest BCUT2D eigenvalue weighted by molar-refractivity contribution is 0.374. The summed E-state index contributed by atoms with van der Waals surface area (Å²) >= 11 is 6.10. The third-order valence-electron chi connectivity index (χ3n) is 4.40. The van der Waals surface area contributed by atoms with Gasteiger partial charge in [0, 0.05) is 35.9 Å². The van der Waals surface area contributed by atoms with Crippen molar-refractivity contribution in [1.82, 2.24) is 0 Å². The zero-order chi connectivity index (χ0) is 16.2. The summed E-state index contributed by atoms with van der Waals surface area (Å²) in [4.78, 5) is 2.37. The van der Waals surface area contributed by atoms with E-state index in [4.69, 9.17) is 22.1 Å². The van der Waals surface area contributed by atoms with Gasteiger partial charge in [-0.15, -0.1) is 0 Å². The van der Waals surface area contributed by atoms with Crippen molar-refractivity contribution in [1.29, 1.82) is 0 Å². The zero-order valence-electron chi connectivity index (χ0n) is 13.4. The second-order valence-corrected chi connectivity index (χ2v) is 6.74. The lowest BCUT2D eigenvalue weighted by Crippen LogP contribution is -2.47. The molecule has 3 rings (SSSR count). The lowest BCUT2D eigenvalue weighted by atomic mass is 9.89. The minimum atomic E-state index is 0.194. The van der Waals surface area contributed by atoms with Crippen LogP contribution in [0.5, 0.6) is 5.75 Å². The molecule has 0 aliphatic carbocycles. The highest BCUT2D eigenvalue weighted by atomic mass is 35.5. The van der Waals surface area contributed by atoms with Gasteiger partial charge in [-0.3, -0.25) is 0 Å². The van der Waals surface area contributed by atoms with Gasteiger partial charge < -0.3 is 15.4 Å². The Balaban J connectivity index is 1.73. The fourth-order valence-electron chi connectivity index (χ4n) is 3.41. The number of ether oxygens (including phenoxy) is 1. The topological polar surface area (TPSA) is 38.5 Å². The average Bonchev–Trinajstić information content (AvgIpc) is 2.54. The summed E-state index contributed by atoms with van der Waals surface area (Å²) in [6, 6.07) is 16.5. The van der Waals surface area contributed by atoms with Crippen molar-refractivity contribution < 1.29 is 4.74 Å². The molecule has 0 radical (unpaired) electrons. The third-order valence-corrected chi connectivity index (χ3v) is 4.64. The fraction of sp³-hybridized carbons (Fsp3) is 0.368. The van der Waals surface area contributed by atoms with Crippen LogP contribution in [0.2, 0.25) is 5.02 Å². The molecule has 1 saturated heterocycles. The molecule has 2 atom stereocenters. The van der Waals surface area contributed by atoms with Gasteiger partial charge in [0.2, 0.25) is 0 Å². The minimum absolute atomic E-state index is 0.194. The van der Waals surface area contributed by atoms with Gasteiger partial charge in [-0.1, -0.05) is 29.8 Å². The van der Waals surface area contributed by atoms with Gasteiger partial charge in [0.05, 0.1) is 7.11 Å². The molecule has 1 aliphatic heterocycles. The van der Waals surface area contributed by atoms with Gasteiger partial charge in [0.15, 0.2) is 0 Å². The second-order valence-electron chi connectivity index (χ2n) is 6.30. The van der Waals surface area contributed by atoms with Gasteiger partial charge in [0.25, 0.3) is 0 Å². The summed E-state index contributed by atoms with van der Waals surface area (Å²) < 4.78 is 5.34. The van der Waals surface area contributed by atoms with E-state index >= 15 is 0 Å². The minimum Gasteiger partial charge on any atom is -0.497 e. The molecule has 0 saturated carbocycles. The van der Waals surface area contributed by atoms with E-state index in [1.807, 2.05) is 24.3 Å². The first-order valence-corrected chi connectivity index (χ1v) is 8.41. The molecule has 0 aromatic heterocycles. The van der Waals surface area contributed by atoms with E-state index in [1.165, 1.54) is 11.3 Å². The van der Waals surface area contributed by atoms with Crippen LogP contribution in [0.3, 0.4) is 0 Å². The van der Waals surface area contributed by atoms with Crippen LogP contribution < -0.4 is 15.4 Å². The number of anilines is 1. The normalized spacial score (nSPS) is 21.3. The summed E-state index contributed by atoms with van der Waals surface area (Å²) in [6.45, 7) is 1.90. The molecule has 3 nitrogen and oxygen atoms in total. The number of hydrogen-bond donors (Lipinski definition) is 1. The molecule has 1 aliphatic rings. The first kappa shape index (κ1) is 16.2. The van der Waals surface area contributed by atoms with E-state index in [1.54, 1.807) is 7.11 Å². The van der Waals surface area contributed by atoms with Crippen LogP contribution in [0.25, 0.3) is 0 Å². The summed E-state index contributed by atoms with van der Waals surface area (Å²) in [5, 5.41) is 0.798. The molecule has 1 heterocycles. The molecule has 2 unspecified atom stereocenters. The van der Waals surface area contributed by atoms with Crippen molar-refractivity contribution in [3.8, 4) is 5.75 Å². The standard InChI is InChI=1S/C19H23ClN2O/c1-23-19-7-3-6-18(11-19)22-12-15(10-17(21)13-22)8-14-4-2-5-16(20)9-14/h2-7,9,11,15,17H,8,10,12-13,21H2,1H3. The van der Waals surface area contributed by atoms with Crippen LogP contribution in [-0.2, 0) is 6.42 Å². The van der Waals surface area contributed by atoms with E-state index in [0.29, 0.717) is 5.92 Å². The molecule has 0 spiro atoms. The molecule has 4 heteroatoms. The molecular weight excluding hydrogens is 308 g/mol. The average molecular weight is 331 g/mol. The van der Waals surface area contributed by atoms with Crippen molar-refractivity contribution in [3.05, 3.63) is 59.1 Å². The van der Waals surface area contributed by atoms with Crippen LogP contribution in [0.1, 0.15) is 12.0 Å². The summed E-state index contributed by atoms with van der Waals surface area (Å²) in [6.07, 6.45) is 2.06. The maximum atomic E-state index is 6.31. The molecular formula is C19H23ClN2O. The fourth-order valence-corrected chi connectivity index (χ4v) is 3.62. The predicted octanol–water partition coefficient (Wildman–Crippen LogP) is 3.74. The first-order valence-electron chi connectivity index (χ1n) is 8.03. The number of hydrogen-bond acceptors (Lipinski definition) is 3. The molecule has 0 amide bonds. The Bertz CT molecular complexity index is 661. The molecule has 0 bridgehead atoms. The van der Waals surface area contributed by atoms with E-state index in [2.05, 4.69) is 29.2 Å². The van der Waals surface area contributed by atoms with Crippen molar-refractivity contribution in [3.63, 3.8) is 0 Å². The summed E-state index contributed by atoms with van der Waals surface area (Å²) in [5.41, 5.74) is 8.76. The number of benzene rings is 2. The lowest BCUT2D eigenvalue weighted by Gasteiger charge is -2.38. The maximum Gasteiger partial charge on any atom is 0.120 e. The van der Waals surface area contributed by atoms with Gasteiger partial charge in [-0.2, -0.15) is 0 Å². The number of piperidine rings is 1. The Morgan fingerprint density at radius 1 is 1.17 bits per heavy atom. The summed E-state index contributed by atoms with van der Waals surface area (Å²) in [7, 11) is 1.70.